The van der Waals surface area contributed by atoms with Gasteiger partial charge in [-0.25, -0.2) is 4.79 Å². The van der Waals surface area contributed by atoms with Crippen molar-refractivity contribution in [1.82, 2.24) is 10.2 Å². The quantitative estimate of drug-likeness (QED) is 0.273. The van der Waals surface area contributed by atoms with Crippen LogP contribution in [0, 0.1) is 16.7 Å². The first kappa shape index (κ1) is 28.0. The van der Waals surface area contributed by atoms with Gasteiger partial charge in [-0.1, -0.05) is 6.92 Å². The third-order valence-electron chi connectivity index (χ3n) is 8.59. The predicted octanol–water partition coefficient (Wildman–Crippen LogP) is 2.00. The van der Waals surface area contributed by atoms with Crippen LogP contribution in [0.2, 0.25) is 0 Å². The molecule has 0 aromatic carbocycles. The van der Waals surface area contributed by atoms with Crippen molar-refractivity contribution in [3.8, 4) is 0 Å². The first-order valence-electron chi connectivity index (χ1n) is 13.1. The molecule has 1 aliphatic heterocycles. The molecular formula is C28H38N2O8. The van der Waals surface area contributed by atoms with Gasteiger partial charge >= 0.3 is 11.9 Å². The van der Waals surface area contributed by atoms with Gasteiger partial charge in [0.1, 0.15) is 18.0 Å². The second-order valence-corrected chi connectivity index (χ2v) is 11.3. The van der Waals surface area contributed by atoms with Crippen LogP contribution >= 0.6 is 0 Å². The highest BCUT2D eigenvalue weighted by atomic mass is 16.6. The molecule has 2 fully saturated rings. The fraction of sp³-hybridized carbons (Fsp3) is 0.643. The Morgan fingerprint density at radius 2 is 1.97 bits per heavy atom. The van der Waals surface area contributed by atoms with Gasteiger partial charge in [-0.3, -0.25) is 14.4 Å². The van der Waals surface area contributed by atoms with Crippen LogP contribution in [0.4, 0.5) is 0 Å². The second-order valence-electron chi connectivity index (χ2n) is 11.3. The van der Waals surface area contributed by atoms with Crippen molar-refractivity contribution in [3.63, 3.8) is 0 Å². The van der Waals surface area contributed by atoms with E-state index in [4.69, 9.17) is 14.2 Å². The van der Waals surface area contributed by atoms with E-state index in [2.05, 4.69) is 5.32 Å². The van der Waals surface area contributed by atoms with Gasteiger partial charge in [-0.15, -0.1) is 0 Å². The van der Waals surface area contributed by atoms with E-state index >= 15 is 0 Å². The highest BCUT2D eigenvalue weighted by molar-refractivity contribution is 6.14. The van der Waals surface area contributed by atoms with Crippen molar-refractivity contribution in [3.05, 3.63) is 34.3 Å². The van der Waals surface area contributed by atoms with Gasteiger partial charge in [-0.2, -0.15) is 0 Å². The maximum atomic E-state index is 13.9. The number of nitrogens with one attached hydrogen (secondary N) is 1. The molecule has 1 saturated carbocycles. The molecule has 4 rings (SSSR count). The summed E-state index contributed by atoms with van der Waals surface area (Å²) >= 11 is 0. The Hall–Kier alpha value is -2.98. The van der Waals surface area contributed by atoms with Crippen molar-refractivity contribution in [2.24, 2.45) is 16.7 Å². The van der Waals surface area contributed by atoms with E-state index in [1.807, 2.05) is 19.0 Å². The van der Waals surface area contributed by atoms with Crippen molar-refractivity contribution in [2.45, 2.75) is 58.7 Å². The number of allylic oxidation sites excluding steroid dienone is 1. The van der Waals surface area contributed by atoms with Crippen LogP contribution in [0.15, 0.2) is 34.3 Å². The topological polar surface area (TPSA) is 131 Å². The number of esters is 2. The third kappa shape index (κ3) is 4.37. The van der Waals surface area contributed by atoms with Crippen LogP contribution in [-0.2, 0) is 33.4 Å². The average molecular weight is 531 g/mol. The smallest absolute Gasteiger partial charge is 0.340 e. The molecule has 1 heterocycles. The van der Waals surface area contributed by atoms with Crippen LogP contribution < -0.4 is 5.32 Å². The van der Waals surface area contributed by atoms with Gasteiger partial charge in [0.15, 0.2) is 5.76 Å². The standard InChI is InChI=1S/C28H38N2O8/c1-15(31)37-18-12-27(2)17(8-9-19(27)32)21-23(18)28(3)20(14-36-6)38-26(35)16(22(28)25(34)24(21)33)13-29-10-7-11-30(4)5/h13,17-18,20,29,34H,7-12,14H2,1-6H3/b16-13-/t17-,18+,20+,27-,28-/m0/s1. The minimum absolute atomic E-state index is 0.00411. The van der Waals surface area contributed by atoms with Crippen LogP contribution in [0.25, 0.3) is 0 Å². The minimum atomic E-state index is -1.23. The normalized spacial score (nSPS) is 33.8. The Bertz CT molecular complexity index is 1150. The number of carbonyl (C=O) groups is 4. The third-order valence-corrected chi connectivity index (χ3v) is 8.59. The molecular weight excluding hydrogens is 492 g/mol. The number of hydrogen-bond acceptors (Lipinski definition) is 10. The van der Waals surface area contributed by atoms with E-state index in [1.165, 1.54) is 20.2 Å². The summed E-state index contributed by atoms with van der Waals surface area (Å²) in [5, 5.41) is 14.6. The van der Waals surface area contributed by atoms with Gasteiger partial charge in [-0.05, 0) is 46.0 Å². The molecule has 0 aromatic heterocycles. The summed E-state index contributed by atoms with van der Waals surface area (Å²) in [6.45, 7) is 6.24. The fourth-order valence-corrected chi connectivity index (χ4v) is 6.77. The fourth-order valence-electron chi connectivity index (χ4n) is 6.77. The molecule has 4 aliphatic rings. The van der Waals surface area contributed by atoms with Gasteiger partial charge in [0.05, 0.1) is 17.6 Å². The summed E-state index contributed by atoms with van der Waals surface area (Å²) in [6, 6.07) is 0. The van der Waals surface area contributed by atoms with Crippen LogP contribution in [0.1, 0.15) is 46.5 Å². The Balaban J connectivity index is 1.89. The molecule has 0 unspecified atom stereocenters. The van der Waals surface area contributed by atoms with Crippen LogP contribution in [0.3, 0.4) is 0 Å². The number of rotatable bonds is 8. The van der Waals surface area contributed by atoms with E-state index in [9.17, 15) is 24.3 Å². The molecule has 0 bridgehead atoms. The van der Waals surface area contributed by atoms with Gasteiger partial charge in [0.25, 0.3) is 0 Å². The Morgan fingerprint density at radius 3 is 2.61 bits per heavy atom. The van der Waals surface area contributed by atoms with Gasteiger partial charge in [0, 0.05) is 62.1 Å². The Kier molecular flexibility index (Phi) is 7.60. The molecule has 5 atom stereocenters. The molecule has 38 heavy (non-hydrogen) atoms. The maximum absolute atomic E-state index is 13.9. The predicted molar refractivity (Wildman–Crippen MR) is 137 cm³/mol. The molecule has 208 valence electrons. The molecule has 0 radical (unpaired) electrons. The lowest BCUT2D eigenvalue weighted by Crippen LogP contribution is -2.57. The van der Waals surface area contributed by atoms with Crippen LogP contribution in [0.5, 0.6) is 0 Å². The summed E-state index contributed by atoms with van der Waals surface area (Å²) in [7, 11) is 5.40. The number of aliphatic hydroxyl groups is 1. The first-order valence-corrected chi connectivity index (χ1v) is 13.1. The lowest BCUT2D eigenvalue weighted by Gasteiger charge is -2.53. The number of aliphatic hydroxyl groups excluding tert-OH is 1. The molecule has 3 aliphatic carbocycles. The Labute approximate surface area is 223 Å². The number of carbonyl (C=O) groups excluding carboxylic acids is 4. The maximum Gasteiger partial charge on any atom is 0.340 e. The summed E-state index contributed by atoms with van der Waals surface area (Å²) < 4.78 is 17.1. The summed E-state index contributed by atoms with van der Waals surface area (Å²) in [6.07, 6.45) is 1.44. The summed E-state index contributed by atoms with van der Waals surface area (Å²) in [5.74, 6) is -2.87. The molecule has 2 N–H and O–H groups in total. The van der Waals surface area contributed by atoms with Gasteiger partial charge in [0.2, 0.25) is 5.78 Å². The van der Waals surface area contributed by atoms with E-state index in [0.29, 0.717) is 25.0 Å². The zero-order valence-electron chi connectivity index (χ0n) is 23.0. The van der Waals surface area contributed by atoms with Crippen molar-refractivity contribution < 1.29 is 38.5 Å². The Morgan fingerprint density at radius 1 is 1.26 bits per heavy atom. The summed E-state index contributed by atoms with van der Waals surface area (Å²) in [4.78, 5) is 54.4. The van der Waals surface area contributed by atoms with Crippen LogP contribution in [-0.4, -0.2) is 86.6 Å². The molecule has 10 heteroatoms. The molecule has 0 spiro atoms. The number of nitrogens with zero attached hydrogens (tertiary/aromatic N) is 1. The van der Waals surface area contributed by atoms with Crippen molar-refractivity contribution in [2.75, 3.05) is 40.9 Å². The number of fused-ring (bicyclic) bond motifs is 4. The number of hydrogen-bond donors (Lipinski definition) is 2. The van der Waals surface area contributed by atoms with E-state index in [1.54, 1.807) is 13.8 Å². The number of cyclic esters (lactones) is 1. The summed E-state index contributed by atoms with van der Waals surface area (Å²) in [5.41, 5.74) is -1.20. The average Bonchev–Trinajstić information content (AvgIpc) is 3.12. The lowest BCUT2D eigenvalue weighted by molar-refractivity contribution is -0.160. The largest absolute Gasteiger partial charge is 0.504 e. The lowest BCUT2D eigenvalue weighted by atomic mass is 9.53. The van der Waals surface area contributed by atoms with Crippen molar-refractivity contribution in [1.29, 1.82) is 0 Å². The number of methoxy groups -OCH3 is 1. The van der Waals surface area contributed by atoms with Crippen molar-refractivity contribution >= 4 is 23.5 Å². The SMILES string of the molecule is COC[C@H]1OC(=O)/C(=C\NCCCN(C)C)C2=C(O)C(=O)C3=C([C@H](OC(C)=O)C[C@]4(C)C(=O)CC[C@@H]34)[C@]21C. The minimum Gasteiger partial charge on any atom is -0.504 e. The van der Waals surface area contributed by atoms with Gasteiger partial charge < -0.3 is 29.5 Å². The monoisotopic (exact) mass is 530 g/mol. The zero-order chi connectivity index (χ0) is 28.0. The number of ether oxygens (including phenoxy) is 3. The highest BCUT2D eigenvalue weighted by Crippen LogP contribution is 2.62. The molecule has 1 saturated heterocycles. The molecule has 10 nitrogen and oxygen atoms in total. The van der Waals surface area contributed by atoms with E-state index in [0.717, 1.165) is 13.0 Å². The van der Waals surface area contributed by atoms with E-state index in [-0.39, 0.29) is 35.5 Å². The molecule has 0 amide bonds. The van der Waals surface area contributed by atoms with E-state index < -0.39 is 52.4 Å². The number of Topliss-reactive ketones (excluding diaryl/α,β-unsaturated/α-hetero) is 2. The number of ketones is 2. The second kappa shape index (κ2) is 10.3. The molecule has 0 aromatic rings. The first-order chi connectivity index (χ1) is 17.9. The zero-order valence-corrected chi connectivity index (χ0v) is 23.0. The highest BCUT2D eigenvalue weighted by Gasteiger charge is 2.64.